The molecule has 1 heterocycles. The summed E-state index contributed by atoms with van der Waals surface area (Å²) in [6.45, 7) is 0.182. The van der Waals surface area contributed by atoms with Crippen molar-refractivity contribution in [3.05, 3.63) is 71.2 Å². The predicted octanol–water partition coefficient (Wildman–Crippen LogP) is 3.58. The van der Waals surface area contributed by atoms with Gasteiger partial charge in [0.15, 0.2) is 0 Å². The van der Waals surface area contributed by atoms with Crippen molar-refractivity contribution in [2.75, 3.05) is 17.5 Å². The lowest BCUT2D eigenvalue weighted by Crippen LogP contribution is -2.37. The van der Waals surface area contributed by atoms with E-state index in [1.54, 1.807) is 24.3 Å². The molecular formula is C20H18ClNO4S. The first-order valence-electron chi connectivity index (χ1n) is 8.52. The molecule has 27 heavy (non-hydrogen) atoms. The van der Waals surface area contributed by atoms with Crippen molar-refractivity contribution in [2.24, 2.45) is 0 Å². The molecule has 7 heteroatoms. The van der Waals surface area contributed by atoms with E-state index in [0.717, 1.165) is 10.9 Å². The van der Waals surface area contributed by atoms with Crippen LogP contribution < -0.4 is 4.31 Å². The van der Waals surface area contributed by atoms with Crippen LogP contribution in [-0.4, -0.2) is 32.8 Å². The summed E-state index contributed by atoms with van der Waals surface area (Å²) in [6, 6.07) is 18.0. The number of aliphatic hydroxyl groups is 1. The molecule has 0 saturated carbocycles. The van der Waals surface area contributed by atoms with Crippen molar-refractivity contribution in [1.82, 2.24) is 0 Å². The first kappa shape index (κ1) is 18.3. The minimum Gasteiger partial charge on any atom is -0.389 e. The topological polar surface area (TPSA) is 66.8 Å². The highest BCUT2D eigenvalue weighted by atomic mass is 35.5. The van der Waals surface area contributed by atoms with E-state index in [-0.39, 0.29) is 24.7 Å². The second-order valence-electron chi connectivity index (χ2n) is 6.43. The first-order valence-corrected chi connectivity index (χ1v) is 10.3. The van der Waals surface area contributed by atoms with Crippen molar-refractivity contribution in [2.45, 2.75) is 17.6 Å². The summed E-state index contributed by atoms with van der Waals surface area (Å²) in [4.78, 5) is 0.278. The summed E-state index contributed by atoms with van der Waals surface area (Å²) in [7, 11) is -3.68. The van der Waals surface area contributed by atoms with Gasteiger partial charge in [0.05, 0.1) is 36.4 Å². The Kier molecular flexibility index (Phi) is 4.82. The number of anilines is 1. The fourth-order valence-corrected chi connectivity index (χ4v) is 5.26. The van der Waals surface area contributed by atoms with Crippen LogP contribution in [0.4, 0.5) is 5.69 Å². The smallest absolute Gasteiger partial charge is 0.265 e. The average molecular weight is 404 g/mol. The summed E-state index contributed by atoms with van der Waals surface area (Å²) >= 11 is 6.08. The van der Waals surface area contributed by atoms with Crippen molar-refractivity contribution < 1.29 is 18.3 Å². The van der Waals surface area contributed by atoms with Gasteiger partial charge in [0.1, 0.15) is 0 Å². The maximum Gasteiger partial charge on any atom is 0.265 e. The van der Waals surface area contributed by atoms with Gasteiger partial charge in [0, 0.05) is 10.4 Å². The highest BCUT2D eigenvalue weighted by Gasteiger charge is 2.36. The zero-order chi connectivity index (χ0) is 19.0. The highest BCUT2D eigenvalue weighted by molar-refractivity contribution is 7.93. The number of benzene rings is 3. The molecule has 140 valence electrons. The summed E-state index contributed by atoms with van der Waals surface area (Å²) in [5, 5.41) is 12.5. The number of β-amino-alcohol motifs (C(OH)–C–C–N with tert-alkyl or cyclic N) is 1. The molecule has 1 atom stereocenters. The molecule has 3 aromatic carbocycles. The Morgan fingerprint density at radius 1 is 1.04 bits per heavy atom. The fourth-order valence-electron chi connectivity index (χ4n) is 3.32. The van der Waals surface area contributed by atoms with E-state index in [1.165, 1.54) is 4.31 Å². The van der Waals surface area contributed by atoms with E-state index in [0.29, 0.717) is 16.1 Å². The fraction of sp³-hybridized carbons (Fsp3) is 0.200. The number of nitrogens with zero attached hydrogens (tertiary/aromatic N) is 1. The number of ether oxygens (including phenoxy) is 1. The summed E-state index contributed by atoms with van der Waals surface area (Å²) < 4.78 is 32.6. The molecule has 0 bridgehead atoms. The van der Waals surface area contributed by atoms with Crippen LogP contribution in [0.3, 0.4) is 0 Å². The zero-order valence-corrected chi connectivity index (χ0v) is 15.9. The van der Waals surface area contributed by atoms with Crippen LogP contribution in [0, 0.1) is 0 Å². The largest absolute Gasteiger partial charge is 0.389 e. The van der Waals surface area contributed by atoms with Gasteiger partial charge in [-0.1, -0.05) is 54.1 Å². The third-order valence-corrected chi connectivity index (χ3v) is 6.77. The van der Waals surface area contributed by atoms with E-state index < -0.39 is 16.1 Å². The average Bonchev–Trinajstić information content (AvgIpc) is 2.87. The number of rotatable bonds is 6. The predicted molar refractivity (Wildman–Crippen MR) is 106 cm³/mol. The van der Waals surface area contributed by atoms with E-state index in [2.05, 4.69) is 0 Å². The van der Waals surface area contributed by atoms with Crippen molar-refractivity contribution in [3.8, 4) is 0 Å². The monoisotopic (exact) mass is 403 g/mol. The lowest BCUT2D eigenvalue weighted by molar-refractivity contribution is 0.0335. The molecule has 0 aliphatic carbocycles. The normalized spacial score (nSPS) is 16.0. The molecule has 4 rings (SSSR count). The molecule has 1 aliphatic rings. The number of aliphatic hydroxyl groups excluding tert-OH is 1. The standard InChI is InChI=1S/C20H18ClNO4S/c21-17-8-2-1-5-15(17)12-26-13-16(23)11-22-18-9-3-6-14-7-4-10-19(20(14)18)27(22,24)25/h1-10,16,23H,11-13H2/t16-/m1/s1. The Morgan fingerprint density at radius 2 is 1.78 bits per heavy atom. The zero-order valence-electron chi connectivity index (χ0n) is 14.4. The maximum absolute atomic E-state index is 12.9. The Balaban J connectivity index is 1.48. The molecule has 0 amide bonds. The second kappa shape index (κ2) is 7.13. The van der Waals surface area contributed by atoms with Crippen molar-refractivity contribution >= 4 is 38.1 Å². The van der Waals surface area contributed by atoms with Crippen LogP contribution in [0.2, 0.25) is 5.02 Å². The van der Waals surface area contributed by atoms with Crippen molar-refractivity contribution in [1.29, 1.82) is 0 Å². The van der Waals surface area contributed by atoms with Crippen molar-refractivity contribution in [3.63, 3.8) is 0 Å². The van der Waals surface area contributed by atoms with Crippen LogP contribution in [-0.2, 0) is 21.4 Å². The minimum absolute atomic E-state index is 0.00354. The van der Waals surface area contributed by atoms with Gasteiger partial charge >= 0.3 is 0 Å². The third-order valence-electron chi connectivity index (χ3n) is 4.58. The van der Waals surface area contributed by atoms with Gasteiger partial charge in [-0.15, -0.1) is 0 Å². The molecule has 0 saturated heterocycles. The lowest BCUT2D eigenvalue weighted by atomic mass is 10.1. The third kappa shape index (κ3) is 3.30. The van der Waals surface area contributed by atoms with Gasteiger partial charge in [0.2, 0.25) is 0 Å². The number of halogens is 1. The van der Waals surface area contributed by atoms with Gasteiger partial charge in [-0.05, 0) is 29.1 Å². The van der Waals surface area contributed by atoms with Crippen LogP contribution in [0.1, 0.15) is 5.56 Å². The summed E-state index contributed by atoms with van der Waals surface area (Å²) in [5.74, 6) is 0. The molecule has 0 fully saturated rings. The molecule has 0 aromatic heterocycles. The Hall–Kier alpha value is -2.12. The lowest BCUT2D eigenvalue weighted by Gasteiger charge is -2.22. The van der Waals surface area contributed by atoms with E-state index in [1.807, 2.05) is 36.4 Å². The molecule has 0 unspecified atom stereocenters. The number of hydrogen-bond donors (Lipinski definition) is 1. The second-order valence-corrected chi connectivity index (χ2v) is 8.67. The van der Waals surface area contributed by atoms with Gasteiger partial charge in [-0.3, -0.25) is 4.31 Å². The highest BCUT2D eigenvalue weighted by Crippen LogP contribution is 2.41. The SMILES string of the molecule is O=S1(=O)c2cccc3cccc(c23)N1C[C@@H](O)COCc1ccccc1Cl. The van der Waals surface area contributed by atoms with Gasteiger partial charge < -0.3 is 9.84 Å². The van der Waals surface area contributed by atoms with Crippen LogP contribution >= 0.6 is 11.6 Å². The Labute approximate surface area is 162 Å². The number of sulfonamides is 1. The molecule has 3 aromatic rings. The van der Waals surface area contributed by atoms with Gasteiger partial charge in [0.25, 0.3) is 10.0 Å². The maximum atomic E-state index is 12.9. The minimum atomic E-state index is -3.68. The quantitative estimate of drug-likeness (QED) is 0.683. The molecule has 1 aliphatic heterocycles. The Bertz CT molecular complexity index is 1090. The first-order chi connectivity index (χ1) is 13.0. The van der Waals surface area contributed by atoms with Crippen LogP contribution in [0.15, 0.2) is 65.6 Å². The number of hydrogen-bond acceptors (Lipinski definition) is 4. The molecule has 1 N–H and O–H groups in total. The van der Waals surface area contributed by atoms with Gasteiger partial charge in [-0.2, -0.15) is 0 Å². The summed E-state index contributed by atoms with van der Waals surface area (Å²) in [5.41, 5.74) is 1.41. The van der Waals surface area contributed by atoms with Crippen LogP contribution in [0.25, 0.3) is 10.8 Å². The molecule has 5 nitrogen and oxygen atoms in total. The van der Waals surface area contributed by atoms with E-state index in [9.17, 15) is 13.5 Å². The van der Waals surface area contributed by atoms with E-state index >= 15 is 0 Å². The van der Waals surface area contributed by atoms with Gasteiger partial charge in [-0.25, -0.2) is 8.42 Å². The molecular weight excluding hydrogens is 386 g/mol. The Morgan fingerprint density at radius 3 is 2.56 bits per heavy atom. The van der Waals surface area contributed by atoms with Crippen LogP contribution in [0.5, 0.6) is 0 Å². The molecule has 0 radical (unpaired) electrons. The summed E-state index contributed by atoms with van der Waals surface area (Å²) in [6.07, 6.45) is -0.966. The van der Waals surface area contributed by atoms with E-state index in [4.69, 9.17) is 16.3 Å². The molecule has 0 spiro atoms.